The smallest absolute Gasteiger partial charge is 0.317 e. The van der Waals surface area contributed by atoms with E-state index in [-0.39, 0.29) is 6.03 Å². The van der Waals surface area contributed by atoms with Crippen molar-refractivity contribution >= 4 is 22.7 Å². The number of urea groups is 1. The molecule has 7 heteroatoms. The summed E-state index contributed by atoms with van der Waals surface area (Å²) < 4.78 is 4.22. The first-order valence-electron chi connectivity index (χ1n) is 6.83. The van der Waals surface area contributed by atoms with Crippen LogP contribution in [-0.2, 0) is 0 Å². The van der Waals surface area contributed by atoms with Gasteiger partial charge >= 0.3 is 6.03 Å². The Morgan fingerprint density at radius 1 is 1.32 bits per heavy atom. The molecule has 0 atom stereocenters. The monoisotopic (exact) mass is 281 g/mol. The number of aromatic nitrogens is 2. The molecule has 2 fully saturated rings. The molecule has 1 aliphatic carbocycles. The summed E-state index contributed by atoms with van der Waals surface area (Å²) in [5.41, 5.74) is 0. The Balaban J connectivity index is 1.57. The van der Waals surface area contributed by atoms with Crippen LogP contribution in [0.15, 0.2) is 0 Å². The van der Waals surface area contributed by atoms with Crippen molar-refractivity contribution in [2.24, 2.45) is 0 Å². The van der Waals surface area contributed by atoms with Crippen LogP contribution in [0, 0.1) is 6.92 Å². The lowest BCUT2D eigenvalue weighted by Crippen LogP contribution is -2.42. The molecule has 0 radical (unpaired) electrons. The van der Waals surface area contributed by atoms with Gasteiger partial charge in [-0.3, -0.25) is 0 Å². The molecule has 2 aliphatic rings. The maximum Gasteiger partial charge on any atom is 0.317 e. The van der Waals surface area contributed by atoms with Crippen LogP contribution in [0.4, 0.5) is 9.93 Å². The van der Waals surface area contributed by atoms with Crippen molar-refractivity contribution in [1.82, 2.24) is 19.6 Å². The van der Waals surface area contributed by atoms with Gasteiger partial charge in [-0.25, -0.2) is 9.78 Å². The highest BCUT2D eigenvalue weighted by molar-refractivity contribution is 7.09. The number of hydrogen-bond donors (Lipinski definition) is 1. The normalized spacial score (nSPS) is 20.3. The molecule has 1 aromatic heterocycles. The number of amides is 2. The molecule has 1 saturated carbocycles. The third-order valence-corrected chi connectivity index (χ3v) is 4.34. The number of anilines is 1. The lowest BCUT2D eigenvalue weighted by molar-refractivity contribution is 0.201. The van der Waals surface area contributed by atoms with Crippen LogP contribution in [0.25, 0.3) is 0 Å². The Hall–Kier alpha value is -1.37. The summed E-state index contributed by atoms with van der Waals surface area (Å²) in [6, 6.07) is 0.524. The highest BCUT2D eigenvalue weighted by Gasteiger charge is 2.27. The van der Waals surface area contributed by atoms with E-state index in [0.29, 0.717) is 6.04 Å². The van der Waals surface area contributed by atoms with Gasteiger partial charge in [0.1, 0.15) is 5.82 Å². The number of aryl methyl sites for hydroxylation is 1. The van der Waals surface area contributed by atoms with E-state index in [1.807, 2.05) is 11.8 Å². The van der Waals surface area contributed by atoms with E-state index in [2.05, 4.69) is 19.6 Å². The number of rotatable bonds is 2. The van der Waals surface area contributed by atoms with Crippen molar-refractivity contribution in [3.8, 4) is 0 Å². The SMILES string of the molecule is Cc1nsc(N2CCCN(C(=O)NC3CC3)CC2)n1. The van der Waals surface area contributed by atoms with Crippen molar-refractivity contribution < 1.29 is 4.79 Å². The van der Waals surface area contributed by atoms with Gasteiger partial charge in [-0.1, -0.05) is 0 Å². The summed E-state index contributed by atoms with van der Waals surface area (Å²) in [6.45, 7) is 5.28. The predicted octanol–water partition coefficient (Wildman–Crippen LogP) is 1.23. The van der Waals surface area contributed by atoms with Gasteiger partial charge in [0.15, 0.2) is 0 Å². The maximum atomic E-state index is 12.0. The van der Waals surface area contributed by atoms with Gasteiger partial charge in [0.05, 0.1) is 0 Å². The Morgan fingerprint density at radius 3 is 2.84 bits per heavy atom. The Morgan fingerprint density at radius 2 is 2.16 bits per heavy atom. The van der Waals surface area contributed by atoms with E-state index >= 15 is 0 Å². The van der Waals surface area contributed by atoms with Crippen LogP contribution in [-0.4, -0.2) is 52.5 Å². The van der Waals surface area contributed by atoms with Crippen LogP contribution in [0.5, 0.6) is 0 Å². The quantitative estimate of drug-likeness (QED) is 0.885. The molecule has 1 aliphatic heterocycles. The molecular formula is C12H19N5OS. The third kappa shape index (κ3) is 3.15. The first kappa shape index (κ1) is 12.7. The largest absolute Gasteiger partial charge is 0.345 e. The summed E-state index contributed by atoms with van der Waals surface area (Å²) in [5.74, 6) is 0.826. The second kappa shape index (κ2) is 5.32. The number of carbonyl (C=O) groups is 1. The van der Waals surface area contributed by atoms with Crippen molar-refractivity contribution in [3.05, 3.63) is 5.82 Å². The fourth-order valence-electron chi connectivity index (χ4n) is 2.22. The topological polar surface area (TPSA) is 61.4 Å². The summed E-state index contributed by atoms with van der Waals surface area (Å²) in [5, 5.41) is 4.03. The van der Waals surface area contributed by atoms with Crippen molar-refractivity contribution in [3.63, 3.8) is 0 Å². The van der Waals surface area contributed by atoms with Crippen LogP contribution in [0.1, 0.15) is 25.1 Å². The minimum atomic E-state index is 0.0952. The van der Waals surface area contributed by atoms with E-state index in [4.69, 9.17) is 0 Å². The average molecular weight is 281 g/mol. The van der Waals surface area contributed by atoms with Gasteiger partial charge in [0.25, 0.3) is 0 Å². The first-order chi connectivity index (χ1) is 9.22. The first-order valence-corrected chi connectivity index (χ1v) is 7.60. The predicted molar refractivity (Wildman–Crippen MR) is 74.6 cm³/mol. The standard InChI is InChI=1S/C12H19N5OS/c1-9-13-12(19-15-9)17-6-2-5-16(7-8-17)11(18)14-10-3-4-10/h10H,2-8H2,1H3,(H,14,18). The van der Waals surface area contributed by atoms with Gasteiger partial charge in [-0.15, -0.1) is 0 Å². The molecule has 19 heavy (non-hydrogen) atoms. The van der Waals surface area contributed by atoms with Crippen LogP contribution in [0.3, 0.4) is 0 Å². The summed E-state index contributed by atoms with van der Waals surface area (Å²) in [4.78, 5) is 20.6. The highest BCUT2D eigenvalue weighted by atomic mass is 32.1. The molecule has 0 aromatic carbocycles. The van der Waals surface area contributed by atoms with Gasteiger partial charge in [0, 0.05) is 43.8 Å². The Labute approximate surface area is 117 Å². The molecule has 0 bridgehead atoms. The van der Waals surface area contributed by atoms with Crippen molar-refractivity contribution in [1.29, 1.82) is 0 Å². The Kier molecular flexibility index (Phi) is 3.54. The zero-order valence-electron chi connectivity index (χ0n) is 11.1. The van der Waals surface area contributed by atoms with E-state index in [9.17, 15) is 4.79 Å². The van der Waals surface area contributed by atoms with E-state index in [1.165, 1.54) is 11.5 Å². The van der Waals surface area contributed by atoms with Gasteiger partial charge in [-0.2, -0.15) is 4.37 Å². The van der Waals surface area contributed by atoms with Crippen LogP contribution >= 0.6 is 11.5 Å². The summed E-state index contributed by atoms with van der Waals surface area (Å²) in [6.07, 6.45) is 3.25. The number of carbonyl (C=O) groups excluding carboxylic acids is 1. The molecule has 1 saturated heterocycles. The molecule has 3 rings (SSSR count). The molecule has 6 nitrogen and oxygen atoms in total. The lowest BCUT2D eigenvalue weighted by atomic mass is 10.4. The zero-order valence-corrected chi connectivity index (χ0v) is 11.9. The number of nitrogens with one attached hydrogen (secondary N) is 1. The van der Waals surface area contributed by atoms with Crippen molar-refractivity contribution in [2.75, 3.05) is 31.1 Å². The molecule has 104 valence electrons. The van der Waals surface area contributed by atoms with Gasteiger partial charge in [0.2, 0.25) is 5.13 Å². The van der Waals surface area contributed by atoms with E-state index in [1.54, 1.807) is 0 Å². The van der Waals surface area contributed by atoms with E-state index < -0.39 is 0 Å². The minimum absolute atomic E-state index is 0.0952. The minimum Gasteiger partial charge on any atom is -0.345 e. The maximum absolute atomic E-state index is 12.0. The fourth-order valence-corrected chi connectivity index (χ4v) is 2.95. The molecule has 1 N–H and O–H groups in total. The molecular weight excluding hydrogens is 262 g/mol. The number of hydrogen-bond acceptors (Lipinski definition) is 5. The van der Waals surface area contributed by atoms with Crippen LogP contribution in [0.2, 0.25) is 0 Å². The van der Waals surface area contributed by atoms with Crippen LogP contribution < -0.4 is 10.2 Å². The molecule has 1 aromatic rings. The summed E-state index contributed by atoms with van der Waals surface area (Å²) >= 11 is 1.44. The lowest BCUT2D eigenvalue weighted by Gasteiger charge is -2.21. The molecule has 2 heterocycles. The van der Waals surface area contributed by atoms with E-state index in [0.717, 1.165) is 56.4 Å². The van der Waals surface area contributed by atoms with Crippen molar-refractivity contribution in [2.45, 2.75) is 32.2 Å². The molecule has 0 unspecified atom stereocenters. The third-order valence-electron chi connectivity index (χ3n) is 3.48. The fraction of sp³-hybridized carbons (Fsp3) is 0.750. The Bertz CT molecular complexity index is 459. The number of nitrogens with zero attached hydrogens (tertiary/aromatic N) is 4. The van der Waals surface area contributed by atoms with Gasteiger partial charge in [-0.05, 0) is 26.2 Å². The van der Waals surface area contributed by atoms with Gasteiger partial charge < -0.3 is 15.1 Å². The average Bonchev–Trinajstić information content (AvgIpc) is 3.14. The summed E-state index contributed by atoms with van der Waals surface area (Å²) in [7, 11) is 0. The molecule has 0 spiro atoms. The highest BCUT2D eigenvalue weighted by Crippen LogP contribution is 2.20. The second-order valence-electron chi connectivity index (χ2n) is 5.18. The second-order valence-corrected chi connectivity index (χ2v) is 5.91. The zero-order chi connectivity index (χ0) is 13.2. The molecule has 2 amide bonds.